The van der Waals surface area contributed by atoms with E-state index in [1.54, 1.807) is 0 Å². The van der Waals surface area contributed by atoms with Crippen LogP contribution in [0.4, 0.5) is 4.39 Å². The second kappa shape index (κ2) is 3.10. The average Bonchev–Trinajstić information content (AvgIpc) is 2.67. The van der Waals surface area contributed by atoms with E-state index in [2.05, 4.69) is 14.7 Å². The van der Waals surface area contributed by atoms with E-state index in [-0.39, 0.29) is 11.1 Å². The Hall–Kier alpha value is -1.91. The van der Waals surface area contributed by atoms with Gasteiger partial charge in [-0.15, -0.1) is 0 Å². The quantitative estimate of drug-likeness (QED) is 0.699. The van der Waals surface area contributed by atoms with E-state index in [1.807, 2.05) is 0 Å². The average molecular weight is 194 g/mol. The molecule has 0 aliphatic heterocycles. The molecular weight excluding hydrogens is 187 g/mol. The van der Waals surface area contributed by atoms with Crippen molar-refractivity contribution < 1.29 is 13.9 Å². The molecule has 72 valence electrons. The van der Waals surface area contributed by atoms with E-state index in [0.717, 1.165) is 0 Å². The molecule has 0 aliphatic carbocycles. The van der Waals surface area contributed by atoms with Crippen molar-refractivity contribution in [3.05, 3.63) is 29.8 Å². The number of hydrogen-bond acceptors (Lipinski definition) is 3. The van der Waals surface area contributed by atoms with E-state index in [4.69, 9.17) is 0 Å². The molecule has 0 radical (unpaired) electrons. The topological polar surface area (TPSA) is 55.0 Å². The number of imidazole rings is 1. The number of aromatic amines is 1. The van der Waals surface area contributed by atoms with E-state index >= 15 is 0 Å². The van der Waals surface area contributed by atoms with Crippen LogP contribution in [0.15, 0.2) is 18.5 Å². The number of halogens is 1. The number of hydrogen-bond donors (Lipinski definition) is 1. The van der Waals surface area contributed by atoms with E-state index in [9.17, 15) is 9.18 Å². The van der Waals surface area contributed by atoms with Crippen LogP contribution in [0.2, 0.25) is 0 Å². The molecule has 0 aliphatic rings. The lowest BCUT2D eigenvalue weighted by molar-refractivity contribution is 0.0603. The second-order valence-corrected chi connectivity index (χ2v) is 2.71. The summed E-state index contributed by atoms with van der Waals surface area (Å²) in [4.78, 5) is 17.7. The van der Waals surface area contributed by atoms with Crippen LogP contribution in [-0.2, 0) is 4.74 Å². The number of nitrogens with zero attached hydrogens (tertiary/aromatic N) is 1. The molecule has 0 spiro atoms. The maximum atomic E-state index is 13.1. The second-order valence-electron chi connectivity index (χ2n) is 2.71. The van der Waals surface area contributed by atoms with Crippen molar-refractivity contribution in [1.29, 1.82) is 0 Å². The van der Waals surface area contributed by atoms with Crippen molar-refractivity contribution in [2.45, 2.75) is 0 Å². The molecule has 0 saturated carbocycles. The number of benzene rings is 1. The molecule has 5 heteroatoms. The highest BCUT2D eigenvalue weighted by Gasteiger charge is 2.14. The molecule has 2 rings (SSSR count). The zero-order valence-electron chi connectivity index (χ0n) is 7.37. The minimum atomic E-state index is -0.515. The first-order valence-corrected chi connectivity index (χ1v) is 3.94. The molecule has 1 heterocycles. The number of carbonyl (C=O) groups is 1. The van der Waals surface area contributed by atoms with Gasteiger partial charge in [0.15, 0.2) is 5.82 Å². The van der Waals surface area contributed by atoms with Gasteiger partial charge in [0.2, 0.25) is 0 Å². The summed E-state index contributed by atoms with van der Waals surface area (Å²) in [5.41, 5.74) is 0.783. The molecule has 0 saturated heterocycles. The Morgan fingerprint density at radius 3 is 3.07 bits per heavy atom. The van der Waals surface area contributed by atoms with Gasteiger partial charge >= 0.3 is 5.97 Å². The number of H-pyrrole nitrogens is 1. The van der Waals surface area contributed by atoms with Crippen LogP contribution >= 0.6 is 0 Å². The Balaban J connectivity index is 2.72. The molecule has 14 heavy (non-hydrogen) atoms. The maximum Gasteiger partial charge on any atom is 0.340 e. The van der Waals surface area contributed by atoms with Crippen LogP contribution < -0.4 is 0 Å². The Morgan fingerprint density at radius 2 is 2.36 bits per heavy atom. The first kappa shape index (κ1) is 8.68. The predicted octanol–water partition coefficient (Wildman–Crippen LogP) is 1.49. The fraction of sp³-hybridized carbons (Fsp3) is 0.111. The fourth-order valence-corrected chi connectivity index (χ4v) is 1.28. The molecule has 1 aromatic heterocycles. The molecular formula is C9H7FN2O2. The number of ether oxygens (including phenoxy) is 1. The molecule has 1 N–H and O–H groups in total. The highest BCUT2D eigenvalue weighted by molar-refractivity contribution is 6.01. The summed E-state index contributed by atoms with van der Waals surface area (Å²) in [6.07, 6.45) is 1.33. The summed E-state index contributed by atoms with van der Waals surface area (Å²) in [5, 5.41) is 0. The number of rotatable bonds is 1. The first-order chi connectivity index (χ1) is 6.74. The van der Waals surface area contributed by atoms with Crippen LogP contribution in [0, 0.1) is 5.82 Å². The Kier molecular flexibility index (Phi) is 1.92. The summed E-state index contributed by atoms with van der Waals surface area (Å²) in [6.45, 7) is 0. The largest absolute Gasteiger partial charge is 0.465 e. The summed E-state index contributed by atoms with van der Waals surface area (Å²) in [5.74, 6) is -0.979. The molecule has 0 bridgehead atoms. The Labute approximate surface area is 78.7 Å². The number of fused-ring (bicyclic) bond motifs is 1. The van der Waals surface area contributed by atoms with Gasteiger partial charge in [-0.05, 0) is 12.1 Å². The monoisotopic (exact) mass is 194 g/mol. The molecule has 0 fully saturated rings. The van der Waals surface area contributed by atoms with Crippen LogP contribution in [0.3, 0.4) is 0 Å². The zero-order chi connectivity index (χ0) is 10.1. The SMILES string of the molecule is COC(=O)c1ccc(F)c2nc[nH]c12. The van der Waals surface area contributed by atoms with E-state index < -0.39 is 11.8 Å². The lowest BCUT2D eigenvalue weighted by Gasteiger charge is -2.00. The molecule has 0 unspecified atom stereocenters. The molecule has 2 aromatic rings. The third kappa shape index (κ3) is 1.14. The van der Waals surface area contributed by atoms with Crippen LogP contribution in [0.5, 0.6) is 0 Å². The predicted molar refractivity (Wildman–Crippen MR) is 47.4 cm³/mol. The highest BCUT2D eigenvalue weighted by Crippen LogP contribution is 2.18. The van der Waals surface area contributed by atoms with Gasteiger partial charge < -0.3 is 9.72 Å². The van der Waals surface area contributed by atoms with E-state index in [1.165, 1.54) is 25.6 Å². The van der Waals surface area contributed by atoms with Gasteiger partial charge in [-0.2, -0.15) is 0 Å². The fourth-order valence-electron chi connectivity index (χ4n) is 1.28. The van der Waals surface area contributed by atoms with Crippen LogP contribution in [0.25, 0.3) is 11.0 Å². The number of methoxy groups -OCH3 is 1. The summed E-state index contributed by atoms with van der Waals surface area (Å²) in [7, 11) is 1.27. The van der Waals surface area contributed by atoms with Gasteiger partial charge in [0, 0.05) is 0 Å². The van der Waals surface area contributed by atoms with Crippen molar-refractivity contribution in [2.75, 3.05) is 7.11 Å². The molecule has 4 nitrogen and oxygen atoms in total. The molecule has 1 aromatic carbocycles. The van der Waals surface area contributed by atoms with Gasteiger partial charge in [-0.3, -0.25) is 0 Å². The van der Waals surface area contributed by atoms with Crippen LogP contribution in [0.1, 0.15) is 10.4 Å². The summed E-state index contributed by atoms with van der Waals surface area (Å²) < 4.78 is 17.7. The standard InChI is InChI=1S/C9H7FN2O2/c1-14-9(13)5-2-3-6(10)8-7(5)11-4-12-8/h2-4H,1H3,(H,11,12). The number of esters is 1. The van der Waals surface area contributed by atoms with Crippen molar-refractivity contribution in [3.8, 4) is 0 Å². The van der Waals surface area contributed by atoms with Gasteiger partial charge in [0.1, 0.15) is 5.52 Å². The maximum absolute atomic E-state index is 13.1. The Morgan fingerprint density at radius 1 is 1.57 bits per heavy atom. The lowest BCUT2D eigenvalue weighted by atomic mass is 10.2. The number of nitrogens with one attached hydrogen (secondary N) is 1. The van der Waals surface area contributed by atoms with Crippen molar-refractivity contribution in [3.63, 3.8) is 0 Å². The van der Waals surface area contributed by atoms with E-state index in [0.29, 0.717) is 5.52 Å². The molecule has 0 atom stereocenters. The van der Waals surface area contributed by atoms with Gasteiger partial charge in [0.25, 0.3) is 0 Å². The zero-order valence-corrected chi connectivity index (χ0v) is 7.37. The smallest absolute Gasteiger partial charge is 0.340 e. The third-order valence-corrected chi connectivity index (χ3v) is 1.94. The molecule has 0 amide bonds. The first-order valence-electron chi connectivity index (χ1n) is 3.94. The van der Waals surface area contributed by atoms with Crippen molar-refractivity contribution in [2.24, 2.45) is 0 Å². The van der Waals surface area contributed by atoms with Crippen molar-refractivity contribution >= 4 is 17.0 Å². The minimum absolute atomic E-state index is 0.146. The Bertz CT molecular complexity index is 493. The lowest BCUT2D eigenvalue weighted by Crippen LogP contribution is -2.02. The summed E-state index contributed by atoms with van der Waals surface area (Å²) >= 11 is 0. The van der Waals surface area contributed by atoms with Gasteiger partial charge in [0.05, 0.1) is 24.5 Å². The van der Waals surface area contributed by atoms with Crippen LogP contribution in [-0.4, -0.2) is 23.0 Å². The summed E-state index contributed by atoms with van der Waals surface area (Å²) in [6, 6.07) is 2.55. The van der Waals surface area contributed by atoms with Crippen molar-refractivity contribution in [1.82, 2.24) is 9.97 Å². The number of carbonyl (C=O) groups excluding carboxylic acids is 1. The van der Waals surface area contributed by atoms with Gasteiger partial charge in [-0.1, -0.05) is 0 Å². The normalized spacial score (nSPS) is 10.4. The minimum Gasteiger partial charge on any atom is -0.465 e. The van der Waals surface area contributed by atoms with Gasteiger partial charge in [-0.25, -0.2) is 14.2 Å². The number of aromatic nitrogens is 2. The third-order valence-electron chi connectivity index (χ3n) is 1.94. The highest BCUT2D eigenvalue weighted by atomic mass is 19.1.